The van der Waals surface area contributed by atoms with Gasteiger partial charge in [-0.3, -0.25) is 4.98 Å². The molecule has 9 heteroatoms. The van der Waals surface area contributed by atoms with E-state index in [9.17, 15) is 0 Å². The van der Waals surface area contributed by atoms with Crippen LogP contribution in [0.5, 0.6) is 5.75 Å². The number of pyridine rings is 1. The summed E-state index contributed by atoms with van der Waals surface area (Å²) < 4.78 is 13.0. The minimum atomic E-state index is -0.204. The monoisotopic (exact) mass is 552 g/mol. The fourth-order valence-electron chi connectivity index (χ4n) is 4.57. The number of aromatic nitrogens is 2. The van der Waals surface area contributed by atoms with Gasteiger partial charge in [-0.05, 0) is 85.4 Å². The third-order valence-corrected chi connectivity index (χ3v) is 7.37. The lowest BCUT2D eigenvalue weighted by atomic mass is 10.0. The number of rotatable bonds is 8. The van der Waals surface area contributed by atoms with Crippen molar-refractivity contribution in [3.63, 3.8) is 0 Å². The Labute approximate surface area is 231 Å². The van der Waals surface area contributed by atoms with Gasteiger partial charge in [0.25, 0.3) is 0 Å². The van der Waals surface area contributed by atoms with Crippen LogP contribution in [0.1, 0.15) is 29.0 Å². The van der Waals surface area contributed by atoms with E-state index in [1.165, 1.54) is 0 Å². The first-order valence-electron chi connectivity index (χ1n) is 11.8. The second kappa shape index (κ2) is 11.1. The van der Waals surface area contributed by atoms with E-state index in [2.05, 4.69) is 31.9 Å². The molecule has 6 nitrogen and oxygen atoms in total. The SMILES string of the molecule is COCCOc1ccc(N2C(=S)NC(c3ccccn3)C2c2cccn2-c2ccc(Cl)c(C)c2)cc1Cl. The van der Waals surface area contributed by atoms with Crippen molar-refractivity contribution >= 4 is 46.2 Å². The third kappa shape index (κ3) is 5.18. The Morgan fingerprint density at radius 2 is 1.81 bits per heavy atom. The van der Waals surface area contributed by atoms with E-state index >= 15 is 0 Å². The normalized spacial score (nSPS) is 17.2. The zero-order valence-electron chi connectivity index (χ0n) is 20.4. The lowest BCUT2D eigenvalue weighted by molar-refractivity contribution is 0.146. The summed E-state index contributed by atoms with van der Waals surface area (Å²) in [6, 6.07) is 21.4. The van der Waals surface area contributed by atoms with Crippen LogP contribution in [-0.2, 0) is 4.74 Å². The van der Waals surface area contributed by atoms with E-state index in [1.807, 2.05) is 67.7 Å². The summed E-state index contributed by atoms with van der Waals surface area (Å²) in [5, 5.41) is 5.32. The average Bonchev–Trinajstić information content (AvgIpc) is 3.51. The molecule has 0 saturated carbocycles. The highest BCUT2D eigenvalue weighted by Crippen LogP contribution is 2.43. The molecule has 1 aliphatic rings. The number of halogens is 2. The minimum Gasteiger partial charge on any atom is -0.490 e. The van der Waals surface area contributed by atoms with Crippen LogP contribution >= 0.6 is 35.4 Å². The molecule has 1 aliphatic heterocycles. The molecular weight excluding hydrogens is 527 g/mol. The number of nitrogens with one attached hydrogen (secondary N) is 1. The zero-order chi connectivity index (χ0) is 25.9. The van der Waals surface area contributed by atoms with Crippen LogP contribution < -0.4 is 15.0 Å². The van der Waals surface area contributed by atoms with Gasteiger partial charge in [0.2, 0.25) is 0 Å². The molecule has 0 aliphatic carbocycles. The van der Waals surface area contributed by atoms with Crippen molar-refractivity contribution < 1.29 is 9.47 Å². The van der Waals surface area contributed by atoms with Gasteiger partial charge >= 0.3 is 0 Å². The zero-order valence-corrected chi connectivity index (χ0v) is 22.7. The fraction of sp³-hybridized carbons (Fsp3) is 0.214. The van der Waals surface area contributed by atoms with Gasteiger partial charge in [-0.25, -0.2) is 0 Å². The molecule has 4 aromatic rings. The first-order chi connectivity index (χ1) is 18.0. The highest BCUT2D eigenvalue weighted by Gasteiger charge is 2.42. The van der Waals surface area contributed by atoms with E-state index in [0.717, 1.165) is 33.3 Å². The molecule has 0 bridgehead atoms. The van der Waals surface area contributed by atoms with Gasteiger partial charge in [0.15, 0.2) is 5.11 Å². The Morgan fingerprint density at radius 3 is 2.54 bits per heavy atom. The summed E-state index contributed by atoms with van der Waals surface area (Å²) in [7, 11) is 1.63. The standard InChI is InChI=1S/C28H26Cl2N4O2S/c1-18-16-19(8-10-21(18)29)33-13-5-7-24(33)27-26(23-6-3-4-12-31-23)32-28(37)34(27)20-9-11-25(22(30)17-20)36-15-14-35-2/h3-13,16-17,26-27H,14-15H2,1-2H3,(H,32,37). The van der Waals surface area contributed by atoms with Gasteiger partial charge < -0.3 is 24.3 Å². The van der Waals surface area contributed by atoms with Gasteiger partial charge in [0.1, 0.15) is 18.4 Å². The van der Waals surface area contributed by atoms with Crippen LogP contribution in [0.15, 0.2) is 79.1 Å². The molecule has 5 rings (SSSR count). The molecule has 1 saturated heterocycles. The first kappa shape index (κ1) is 25.5. The number of thiocarbonyl (C=S) groups is 1. The van der Waals surface area contributed by atoms with Gasteiger partial charge in [-0.2, -0.15) is 0 Å². The molecule has 2 unspecified atom stereocenters. The third-order valence-electron chi connectivity index (χ3n) is 6.34. The van der Waals surface area contributed by atoms with Crippen LogP contribution in [0.2, 0.25) is 10.0 Å². The van der Waals surface area contributed by atoms with E-state index in [0.29, 0.717) is 29.1 Å². The number of nitrogens with zero attached hydrogens (tertiary/aromatic N) is 3. The molecule has 0 spiro atoms. The van der Waals surface area contributed by atoms with Gasteiger partial charge in [-0.15, -0.1) is 0 Å². The Morgan fingerprint density at radius 1 is 0.973 bits per heavy atom. The number of hydrogen-bond acceptors (Lipinski definition) is 4. The van der Waals surface area contributed by atoms with Crippen molar-refractivity contribution in [2.75, 3.05) is 25.2 Å². The maximum atomic E-state index is 6.63. The van der Waals surface area contributed by atoms with Crippen molar-refractivity contribution in [2.24, 2.45) is 0 Å². The van der Waals surface area contributed by atoms with Crippen molar-refractivity contribution in [3.8, 4) is 11.4 Å². The molecule has 3 heterocycles. The van der Waals surface area contributed by atoms with Gasteiger partial charge in [0.05, 0.1) is 23.4 Å². The highest BCUT2D eigenvalue weighted by molar-refractivity contribution is 7.80. The van der Waals surface area contributed by atoms with Crippen molar-refractivity contribution in [1.29, 1.82) is 0 Å². The smallest absolute Gasteiger partial charge is 0.174 e. The maximum absolute atomic E-state index is 6.63. The fourth-order valence-corrected chi connectivity index (χ4v) is 5.27. The van der Waals surface area contributed by atoms with E-state index in [-0.39, 0.29) is 12.1 Å². The van der Waals surface area contributed by atoms with E-state index in [1.54, 1.807) is 13.3 Å². The summed E-state index contributed by atoms with van der Waals surface area (Å²) in [6.07, 6.45) is 3.84. The number of methoxy groups -OCH3 is 1. The van der Waals surface area contributed by atoms with Crippen LogP contribution in [-0.4, -0.2) is 35.0 Å². The topological polar surface area (TPSA) is 51.6 Å². The molecule has 0 amide bonds. The Bertz CT molecular complexity index is 1410. The molecule has 37 heavy (non-hydrogen) atoms. The van der Waals surface area contributed by atoms with Crippen LogP contribution in [0.3, 0.4) is 0 Å². The molecule has 0 radical (unpaired) electrons. The Hall–Kier alpha value is -3.10. The molecule has 2 aromatic carbocycles. The number of aryl methyl sites for hydroxylation is 1. The number of ether oxygens (including phenoxy) is 2. The first-order valence-corrected chi connectivity index (χ1v) is 13.0. The second-order valence-corrected chi connectivity index (χ2v) is 9.89. The summed E-state index contributed by atoms with van der Waals surface area (Å²) in [6.45, 7) is 2.90. The summed E-state index contributed by atoms with van der Waals surface area (Å²) in [5.41, 5.74) is 4.81. The van der Waals surface area contributed by atoms with Crippen LogP contribution in [0.25, 0.3) is 5.69 Å². The second-order valence-electron chi connectivity index (χ2n) is 8.69. The van der Waals surface area contributed by atoms with Crippen molar-refractivity contribution in [3.05, 3.63) is 106 Å². The van der Waals surface area contributed by atoms with E-state index in [4.69, 9.17) is 44.9 Å². The average molecular weight is 554 g/mol. The van der Waals surface area contributed by atoms with Crippen LogP contribution in [0.4, 0.5) is 5.69 Å². The van der Waals surface area contributed by atoms with Crippen molar-refractivity contribution in [2.45, 2.75) is 19.0 Å². The summed E-state index contributed by atoms with van der Waals surface area (Å²) in [4.78, 5) is 6.74. The molecular formula is C28H26Cl2N4O2S. The largest absolute Gasteiger partial charge is 0.490 e. The van der Waals surface area contributed by atoms with Crippen molar-refractivity contribution in [1.82, 2.24) is 14.9 Å². The molecule has 1 fully saturated rings. The molecule has 190 valence electrons. The minimum absolute atomic E-state index is 0.188. The number of anilines is 1. The Kier molecular flexibility index (Phi) is 7.67. The molecule has 2 aromatic heterocycles. The number of hydrogen-bond donors (Lipinski definition) is 1. The summed E-state index contributed by atoms with van der Waals surface area (Å²) in [5.74, 6) is 0.596. The molecule has 1 N–H and O–H groups in total. The highest BCUT2D eigenvalue weighted by atomic mass is 35.5. The summed E-state index contributed by atoms with van der Waals surface area (Å²) >= 11 is 18.8. The Balaban J connectivity index is 1.59. The molecule has 2 atom stereocenters. The van der Waals surface area contributed by atoms with Crippen LogP contribution in [0, 0.1) is 6.92 Å². The van der Waals surface area contributed by atoms with E-state index < -0.39 is 0 Å². The van der Waals surface area contributed by atoms with Gasteiger partial charge in [0, 0.05) is 41.6 Å². The number of benzene rings is 2. The quantitative estimate of drug-likeness (QED) is 0.194. The lowest BCUT2D eigenvalue weighted by Crippen LogP contribution is -2.30. The van der Waals surface area contributed by atoms with Gasteiger partial charge in [-0.1, -0.05) is 29.3 Å². The lowest BCUT2D eigenvalue weighted by Gasteiger charge is -2.29. The predicted octanol–water partition coefficient (Wildman–Crippen LogP) is 6.69. The predicted molar refractivity (Wildman–Crippen MR) is 152 cm³/mol. The maximum Gasteiger partial charge on any atom is 0.174 e.